The average molecular weight is 549 g/mol. The average Bonchev–Trinajstić information content (AvgIpc) is 3.39. The molecule has 0 aliphatic carbocycles. The molecule has 1 N–H and O–H groups in total. The number of aromatic amines is 1. The van der Waals surface area contributed by atoms with Gasteiger partial charge in [-0.25, -0.2) is 28.9 Å². The highest BCUT2D eigenvalue weighted by molar-refractivity contribution is 6.30. The first kappa shape index (κ1) is 27.9. The number of pyridine rings is 2. The summed E-state index contributed by atoms with van der Waals surface area (Å²) in [5.41, 5.74) is 0.995. The van der Waals surface area contributed by atoms with Gasteiger partial charge in [0.2, 0.25) is 0 Å². The summed E-state index contributed by atoms with van der Waals surface area (Å²) in [6.07, 6.45) is 2.33. The Kier molecular flexibility index (Phi) is 8.77. The number of hydrogen-bond acceptors (Lipinski definition) is 8. The van der Waals surface area contributed by atoms with Crippen molar-refractivity contribution in [2.24, 2.45) is 0 Å². The van der Waals surface area contributed by atoms with Crippen molar-refractivity contribution in [2.75, 3.05) is 13.2 Å². The van der Waals surface area contributed by atoms with Crippen LogP contribution in [0.2, 0.25) is 10.3 Å². The van der Waals surface area contributed by atoms with Gasteiger partial charge in [0.15, 0.2) is 0 Å². The number of fused-ring (bicyclic) bond motifs is 2. The predicted octanol–water partition coefficient (Wildman–Crippen LogP) is 6.04. The molecular formula is C25H26Cl2N4O6. The quantitative estimate of drug-likeness (QED) is 0.186. The molecule has 4 aromatic heterocycles. The fraction of sp³-hybridized carbons (Fsp3) is 0.320. The molecule has 0 spiro atoms. The maximum absolute atomic E-state index is 12.4. The summed E-state index contributed by atoms with van der Waals surface area (Å²) in [6.45, 7) is 9.25. The van der Waals surface area contributed by atoms with Crippen molar-refractivity contribution in [3.05, 3.63) is 58.4 Å². The third-order valence-corrected chi connectivity index (χ3v) is 5.10. The van der Waals surface area contributed by atoms with E-state index in [-0.39, 0.29) is 23.4 Å². The van der Waals surface area contributed by atoms with E-state index in [4.69, 9.17) is 37.4 Å². The number of halogens is 2. The third-order valence-electron chi connectivity index (χ3n) is 4.68. The summed E-state index contributed by atoms with van der Waals surface area (Å²) in [5, 5.41) is 2.12. The Bertz CT molecular complexity index is 1450. The Morgan fingerprint density at radius 3 is 2.11 bits per heavy atom. The van der Waals surface area contributed by atoms with Gasteiger partial charge in [-0.3, -0.25) is 0 Å². The van der Waals surface area contributed by atoms with E-state index in [2.05, 4.69) is 15.0 Å². The normalized spacial score (nSPS) is 11.1. The smallest absolute Gasteiger partial charge is 0.419 e. The number of ether oxygens (including phenoxy) is 3. The molecular weight excluding hydrogens is 523 g/mol. The van der Waals surface area contributed by atoms with Gasteiger partial charge in [-0.1, -0.05) is 23.2 Å². The number of nitrogens with zero attached hydrogens (tertiary/aromatic N) is 3. The number of hydrogen-bond donors (Lipinski definition) is 1. The zero-order chi connectivity index (χ0) is 27.3. The number of nitrogens with one attached hydrogen (secondary N) is 1. The topological polar surface area (TPSA) is 125 Å². The Balaban J connectivity index is 0.000000220. The SMILES string of the molecule is CCOC(=O)c1cc2cc(Cl)ncc2[nH]1.CCOC(=O)c1cc2cc(Cl)ncc2n1C(=O)OC(C)(C)C. The highest BCUT2D eigenvalue weighted by Gasteiger charge is 2.26. The number of esters is 2. The molecule has 0 bridgehead atoms. The van der Waals surface area contributed by atoms with Crippen molar-refractivity contribution in [3.63, 3.8) is 0 Å². The van der Waals surface area contributed by atoms with E-state index in [1.807, 2.05) is 0 Å². The summed E-state index contributed by atoms with van der Waals surface area (Å²) in [4.78, 5) is 46.7. The highest BCUT2D eigenvalue weighted by Crippen LogP contribution is 2.24. The molecule has 0 aliphatic rings. The lowest BCUT2D eigenvalue weighted by Gasteiger charge is -2.20. The van der Waals surface area contributed by atoms with Crippen LogP contribution < -0.4 is 0 Å². The van der Waals surface area contributed by atoms with Crippen molar-refractivity contribution >= 4 is 63.0 Å². The van der Waals surface area contributed by atoms with E-state index in [9.17, 15) is 14.4 Å². The lowest BCUT2D eigenvalue weighted by molar-refractivity contribution is 0.0454. The molecule has 0 fully saturated rings. The molecule has 4 heterocycles. The van der Waals surface area contributed by atoms with Gasteiger partial charge in [-0.05, 0) is 58.9 Å². The van der Waals surface area contributed by atoms with Gasteiger partial charge in [0.1, 0.15) is 27.3 Å². The highest BCUT2D eigenvalue weighted by atomic mass is 35.5. The molecule has 10 nitrogen and oxygen atoms in total. The summed E-state index contributed by atoms with van der Waals surface area (Å²) < 4.78 is 16.4. The first-order valence-electron chi connectivity index (χ1n) is 11.3. The zero-order valence-corrected chi connectivity index (χ0v) is 22.4. The van der Waals surface area contributed by atoms with Crippen LogP contribution in [0.25, 0.3) is 21.8 Å². The van der Waals surface area contributed by atoms with Crippen molar-refractivity contribution in [1.29, 1.82) is 0 Å². The maximum atomic E-state index is 12.4. The van der Waals surface area contributed by atoms with Gasteiger partial charge in [-0.2, -0.15) is 0 Å². The third kappa shape index (κ3) is 6.99. The van der Waals surface area contributed by atoms with Crippen LogP contribution in [0, 0.1) is 0 Å². The molecule has 0 saturated heterocycles. The summed E-state index contributed by atoms with van der Waals surface area (Å²) in [5.74, 6) is -0.981. The minimum absolute atomic E-state index is 0.0789. The molecule has 0 unspecified atom stereocenters. The first-order valence-corrected chi connectivity index (χ1v) is 12.1. The second kappa shape index (κ2) is 11.6. The zero-order valence-electron chi connectivity index (χ0n) is 20.9. The van der Waals surface area contributed by atoms with Crippen LogP contribution >= 0.6 is 23.2 Å². The van der Waals surface area contributed by atoms with Crippen LogP contribution in [0.3, 0.4) is 0 Å². The number of rotatable bonds is 4. The van der Waals surface area contributed by atoms with Crippen LogP contribution in [0.5, 0.6) is 0 Å². The Morgan fingerprint density at radius 2 is 1.49 bits per heavy atom. The van der Waals surface area contributed by atoms with Crippen LogP contribution in [-0.4, -0.2) is 56.4 Å². The van der Waals surface area contributed by atoms with E-state index >= 15 is 0 Å². The largest absolute Gasteiger partial charge is 0.461 e. The standard InChI is InChI=1S/C15H17ClN2O4.C10H9ClN2O2/c1-5-21-13(19)10-6-9-7-12(16)17-8-11(9)18(10)14(20)22-15(2,3)4;1-2-15-10(14)7-3-6-4-9(11)12-5-8(6)13-7/h6-8H,5H2,1-4H3;3-5,13H,2H2,1H3. The van der Waals surface area contributed by atoms with Crippen LogP contribution in [0.4, 0.5) is 4.79 Å². The summed E-state index contributed by atoms with van der Waals surface area (Å²) in [7, 11) is 0. The molecule has 0 aliphatic heterocycles. The van der Waals surface area contributed by atoms with Crippen molar-refractivity contribution in [2.45, 2.75) is 40.2 Å². The molecule has 4 aromatic rings. The number of carbonyl (C=O) groups is 3. The molecule has 0 radical (unpaired) electrons. The molecule has 0 saturated carbocycles. The van der Waals surface area contributed by atoms with E-state index < -0.39 is 17.7 Å². The monoisotopic (exact) mass is 548 g/mol. The molecule has 0 aromatic carbocycles. The molecule has 0 atom stereocenters. The van der Waals surface area contributed by atoms with Gasteiger partial charge in [0.25, 0.3) is 0 Å². The Labute approximate surface area is 222 Å². The van der Waals surface area contributed by atoms with Gasteiger partial charge < -0.3 is 19.2 Å². The van der Waals surface area contributed by atoms with E-state index in [1.54, 1.807) is 59.0 Å². The fourth-order valence-corrected chi connectivity index (χ4v) is 3.60. The van der Waals surface area contributed by atoms with Crippen LogP contribution in [0.15, 0.2) is 36.7 Å². The van der Waals surface area contributed by atoms with Gasteiger partial charge in [-0.15, -0.1) is 0 Å². The van der Waals surface area contributed by atoms with Gasteiger partial charge in [0, 0.05) is 10.8 Å². The minimum atomic E-state index is -0.695. The minimum Gasteiger partial charge on any atom is -0.461 e. The van der Waals surface area contributed by atoms with Crippen LogP contribution in [-0.2, 0) is 14.2 Å². The molecule has 37 heavy (non-hydrogen) atoms. The van der Waals surface area contributed by atoms with Crippen LogP contribution in [0.1, 0.15) is 55.6 Å². The second-order valence-corrected chi connectivity index (χ2v) is 9.40. The lowest BCUT2D eigenvalue weighted by Crippen LogP contribution is -2.29. The van der Waals surface area contributed by atoms with E-state index in [0.717, 1.165) is 15.5 Å². The molecule has 0 amide bonds. The second-order valence-electron chi connectivity index (χ2n) is 8.63. The first-order chi connectivity index (χ1) is 17.4. The van der Waals surface area contributed by atoms with E-state index in [0.29, 0.717) is 28.4 Å². The number of aromatic nitrogens is 4. The van der Waals surface area contributed by atoms with Gasteiger partial charge in [0.05, 0.1) is 36.6 Å². The summed E-state index contributed by atoms with van der Waals surface area (Å²) in [6, 6.07) is 6.49. The lowest BCUT2D eigenvalue weighted by atomic mass is 10.2. The van der Waals surface area contributed by atoms with Crippen molar-refractivity contribution in [1.82, 2.24) is 19.5 Å². The number of carbonyl (C=O) groups excluding carboxylic acids is 3. The number of H-pyrrole nitrogens is 1. The van der Waals surface area contributed by atoms with Crippen molar-refractivity contribution in [3.8, 4) is 0 Å². The summed E-state index contributed by atoms with van der Waals surface area (Å²) >= 11 is 11.6. The van der Waals surface area contributed by atoms with Gasteiger partial charge >= 0.3 is 18.0 Å². The predicted molar refractivity (Wildman–Crippen MR) is 139 cm³/mol. The molecule has 12 heteroatoms. The molecule has 196 valence electrons. The maximum Gasteiger partial charge on any atom is 0.419 e. The molecule has 4 rings (SSSR count). The fourth-order valence-electron chi connectivity index (χ4n) is 3.26. The van der Waals surface area contributed by atoms with Crippen molar-refractivity contribution < 1.29 is 28.6 Å². The van der Waals surface area contributed by atoms with E-state index in [1.165, 1.54) is 12.3 Å². The Hall–Kier alpha value is -3.63. The Morgan fingerprint density at radius 1 is 0.892 bits per heavy atom.